The van der Waals surface area contributed by atoms with E-state index >= 15 is 0 Å². The third-order valence-corrected chi connectivity index (χ3v) is 4.87. The van der Waals surface area contributed by atoms with Crippen molar-refractivity contribution in [1.82, 2.24) is 4.57 Å². The maximum atomic E-state index is 10.8. The fourth-order valence-electron chi connectivity index (χ4n) is 2.91. The van der Waals surface area contributed by atoms with Crippen LogP contribution in [0.5, 0.6) is 0 Å². The molecule has 24 heavy (non-hydrogen) atoms. The molecular weight excluding hydrogens is 345 g/mol. The highest BCUT2D eigenvalue weighted by molar-refractivity contribution is 6.36. The molecule has 1 heterocycles. The van der Waals surface area contributed by atoms with Crippen LogP contribution in [0, 0.1) is 6.92 Å². The number of aliphatic carboxylic acids is 1. The van der Waals surface area contributed by atoms with Crippen molar-refractivity contribution in [3.63, 3.8) is 0 Å². The second-order valence-corrected chi connectivity index (χ2v) is 6.70. The summed E-state index contributed by atoms with van der Waals surface area (Å²) in [5.74, 6) is -0.787. The summed E-state index contributed by atoms with van der Waals surface area (Å²) < 4.78 is 2.11. The maximum absolute atomic E-state index is 10.8. The Labute approximate surface area is 150 Å². The number of aromatic nitrogens is 1. The fraction of sp³-hybridized carbons (Fsp3) is 0.211. The van der Waals surface area contributed by atoms with E-state index in [1.165, 1.54) is 0 Å². The predicted octanol–water partition coefficient (Wildman–Crippen LogP) is 5.32. The van der Waals surface area contributed by atoms with Crippen molar-refractivity contribution in [3.8, 4) is 0 Å². The Morgan fingerprint density at radius 2 is 1.88 bits per heavy atom. The molecule has 1 aromatic heterocycles. The largest absolute Gasteiger partial charge is 0.481 e. The van der Waals surface area contributed by atoms with Crippen LogP contribution >= 0.6 is 23.2 Å². The van der Waals surface area contributed by atoms with Crippen LogP contribution in [0.1, 0.15) is 23.1 Å². The number of carboxylic acid groups (broad SMARTS) is 1. The number of nitrogens with zero attached hydrogens (tertiary/aromatic N) is 1. The molecule has 2 aromatic carbocycles. The van der Waals surface area contributed by atoms with Crippen LogP contribution in [-0.4, -0.2) is 15.6 Å². The van der Waals surface area contributed by atoms with Crippen LogP contribution in [0.15, 0.2) is 42.6 Å². The predicted molar refractivity (Wildman–Crippen MR) is 98.2 cm³/mol. The fourth-order valence-corrected chi connectivity index (χ4v) is 3.43. The molecule has 0 spiro atoms. The molecule has 0 amide bonds. The summed E-state index contributed by atoms with van der Waals surface area (Å²) in [4.78, 5) is 10.8. The maximum Gasteiger partial charge on any atom is 0.303 e. The van der Waals surface area contributed by atoms with Gasteiger partial charge in [-0.15, -0.1) is 0 Å². The average molecular weight is 362 g/mol. The topological polar surface area (TPSA) is 42.2 Å². The van der Waals surface area contributed by atoms with Crippen molar-refractivity contribution in [2.75, 3.05) is 0 Å². The lowest BCUT2D eigenvalue weighted by Crippen LogP contribution is -2.01. The Morgan fingerprint density at radius 1 is 1.17 bits per heavy atom. The highest BCUT2D eigenvalue weighted by Crippen LogP contribution is 2.29. The second-order valence-electron chi connectivity index (χ2n) is 5.89. The molecule has 0 radical (unpaired) electrons. The first kappa shape index (κ1) is 16.9. The Bertz CT molecular complexity index is 895. The summed E-state index contributed by atoms with van der Waals surface area (Å²) in [5, 5.41) is 11.3. The first-order chi connectivity index (χ1) is 11.5. The third-order valence-electron chi connectivity index (χ3n) is 4.16. The van der Waals surface area contributed by atoms with E-state index in [-0.39, 0.29) is 6.42 Å². The molecule has 0 saturated heterocycles. The lowest BCUT2D eigenvalue weighted by atomic mass is 10.1. The van der Waals surface area contributed by atoms with Crippen molar-refractivity contribution in [1.29, 1.82) is 0 Å². The molecule has 3 rings (SSSR count). The molecule has 0 aliphatic rings. The molecule has 0 unspecified atom stereocenters. The van der Waals surface area contributed by atoms with Gasteiger partial charge < -0.3 is 9.67 Å². The molecule has 0 fully saturated rings. The molecule has 124 valence electrons. The van der Waals surface area contributed by atoms with E-state index in [0.29, 0.717) is 23.0 Å². The minimum atomic E-state index is -0.787. The zero-order chi connectivity index (χ0) is 17.3. The van der Waals surface area contributed by atoms with E-state index in [4.69, 9.17) is 28.3 Å². The van der Waals surface area contributed by atoms with Crippen molar-refractivity contribution in [3.05, 3.63) is 69.3 Å². The normalized spacial score (nSPS) is 11.1. The summed E-state index contributed by atoms with van der Waals surface area (Å²) >= 11 is 12.6. The summed E-state index contributed by atoms with van der Waals surface area (Å²) in [5.41, 5.74) is 4.12. The zero-order valence-electron chi connectivity index (χ0n) is 13.2. The van der Waals surface area contributed by atoms with Gasteiger partial charge in [-0.05, 0) is 42.7 Å². The number of aryl methyl sites for hydroxylation is 2. The third kappa shape index (κ3) is 3.42. The van der Waals surface area contributed by atoms with Crippen LogP contribution < -0.4 is 0 Å². The minimum Gasteiger partial charge on any atom is -0.481 e. The van der Waals surface area contributed by atoms with Crippen molar-refractivity contribution >= 4 is 40.1 Å². The van der Waals surface area contributed by atoms with Crippen LogP contribution in [0.3, 0.4) is 0 Å². The van der Waals surface area contributed by atoms with Gasteiger partial charge in [-0.25, -0.2) is 0 Å². The molecule has 0 aliphatic heterocycles. The number of carboxylic acids is 1. The van der Waals surface area contributed by atoms with Crippen LogP contribution in [0.25, 0.3) is 10.9 Å². The summed E-state index contributed by atoms with van der Waals surface area (Å²) in [6, 6.07) is 11.6. The number of carbonyl (C=O) groups is 1. The quantitative estimate of drug-likeness (QED) is 0.667. The summed E-state index contributed by atoms with van der Waals surface area (Å²) in [7, 11) is 0. The van der Waals surface area contributed by atoms with Crippen molar-refractivity contribution in [2.45, 2.75) is 26.3 Å². The Balaban J connectivity index is 2.01. The molecular formula is C19H17Cl2NO2. The lowest BCUT2D eigenvalue weighted by Gasteiger charge is -2.10. The molecule has 0 saturated carbocycles. The highest BCUT2D eigenvalue weighted by Gasteiger charge is 2.11. The van der Waals surface area contributed by atoms with E-state index in [1.54, 1.807) is 0 Å². The average Bonchev–Trinajstić information content (AvgIpc) is 2.85. The van der Waals surface area contributed by atoms with Gasteiger partial charge in [-0.2, -0.15) is 0 Å². The standard InChI is InChI=1S/C19H17Cl2NO2/c1-12-10-22(11-15-16(20)3-2-4-17(15)21)18-9-13(5-7-14(12)18)6-8-19(23)24/h2-5,7,9-10H,6,8,11H2,1H3,(H,23,24). The van der Waals surface area contributed by atoms with Crippen LogP contribution in [-0.2, 0) is 17.8 Å². The zero-order valence-corrected chi connectivity index (χ0v) is 14.7. The number of hydrogen-bond donors (Lipinski definition) is 1. The highest BCUT2D eigenvalue weighted by atomic mass is 35.5. The second kappa shape index (κ2) is 6.88. The van der Waals surface area contributed by atoms with Crippen LogP contribution in [0.4, 0.5) is 0 Å². The summed E-state index contributed by atoms with van der Waals surface area (Å²) in [6.07, 6.45) is 2.72. The first-order valence-corrected chi connectivity index (χ1v) is 8.44. The van der Waals surface area contributed by atoms with Gasteiger partial charge in [-0.3, -0.25) is 4.79 Å². The minimum absolute atomic E-state index is 0.127. The van der Waals surface area contributed by atoms with Gasteiger partial charge >= 0.3 is 5.97 Å². The van der Waals surface area contributed by atoms with Crippen molar-refractivity contribution < 1.29 is 9.90 Å². The van der Waals surface area contributed by atoms with E-state index < -0.39 is 5.97 Å². The van der Waals surface area contributed by atoms with Gasteiger partial charge in [0, 0.05) is 39.1 Å². The number of halogens is 2. The number of hydrogen-bond acceptors (Lipinski definition) is 1. The Morgan fingerprint density at radius 3 is 2.54 bits per heavy atom. The van der Waals surface area contributed by atoms with Crippen LogP contribution in [0.2, 0.25) is 10.0 Å². The molecule has 1 N–H and O–H groups in total. The van der Waals surface area contributed by atoms with Gasteiger partial charge in [0.2, 0.25) is 0 Å². The first-order valence-electron chi connectivity index (χ1n) is 7.69. The molecule has 0 bridgehead atoms. The van der Waals surface area contributed by atoms with Gasteiger partial charge in [0.1, 0.15) is 0 Å². The SMILES string of the molecule is Cc1cn(Cc2c(Cl)cccc2Cl)c2cc(CCC(=O)O)ccc12. The van der Waals surface area contributed by atoms with Gasteiger partial charge in [0.15, 0.2) is 0 Å². The molecule has 0 atom stereocenters. The molecule has 3 nitrogen and oxygen atoms in total. The van der Waals surface area contributed by atoms with E-state index in [2.05, 4.69) is 23.8 Å². The number of fused-ring (bicyclic) bond motifs is 1. The Hall–Kier alpha value is -1.97. The Kier molecular flexibility index (Phi) is 4.83. The molecule has 3 aromatic rings. The molecule has 5 heteroatoms. The van der Waals surface area contributed by atoms with Gasteiger partial charge in [-0.1, -0.05) is 41.4 Å². The number of rotatable bonds is 5. The monoisotopic (exact) mass is 361 g/mol. The van der Waals surface area contributed by atoms with E-state index in [9.17, 15) is 4.79 Å². The van der Waals surface area contributed by atoms with E-state index in [1.807, 2.05) is 30.3 Å². The van der Waals surface area contributed by atoms with Gasteiger partial charge in [0.25, 0.3) is 0 Å². The lowest BCUT2D eigenvalue weighted by molar-refractivity contribution is -0.136. The smallest absolute Gasteiger partial charge is 0.303 e. The molecule has 0 aliphatic carbocycles. The van der Waals surface area contributed by atoms with E-state index in [0.717, 1.165) is 27.6 Å². The van der Waals surface area contributed by atoms with Crippen molar-refractivity contribution in [2.24, 2.45) is 0 Å². The number of benzene rings is 2. The van der Waals surface area contributed by atoms with Gasteiger partial charge in [0.05, 0.1) is 6.54 Å². The summed E-state index contributed by atoms with van der Waals surface area (Å²) in [6.45, 7) is 2.63.